The Bertz CT molecular complexity index is 800. The van der Waals surface area contributed by atoms with Crippen LogP contribution in [0, 0.1) is 0 Å². The zero-order chi connectivity index (χ0) is 16.9. The molecule has 0 aliphatic carbocycles. The molecule has 0 spiro atoms. The fraction of sp³-hybridized carbons (Fsp3) is 0.167. The first-order valence-corrected chi connectivity index (χ1v) is 7.63. The monoisotopic (exact) mass is 323 g/mol. The zero-order valence-corrected chi connectivity index (χ0v) is 13.0. The summed E-state index contributed by atoms with van der Waals surface area (Å²) in [6.07, 6.45) is 1.08. The maximum atomic E-state index is 11.6. The molecule has 2 amide bonds. The average Bonchev–Trinajstić information content (AvgIpc) is 2.59. The van der Waals surface area contributed by atoms with Crippen molar-refractivity contribution in [2.45, 2.75) is 19.3 Å². The van der Waals surface area contributed by atoms with E-state index in [1.807, 2.05) is 42.5 Å². The van der Waals surface area contributed by atoms with Crippen LogP contribution in [0.4, 0.5) is 5.69 Å². The Morgan fingerprint density at radius 2 is 1.92 bits per heavy atom. The number of nitrogens with zero attached hydrogens (tertiary/aromatic N) is 1. The number of hydrogen-bond acceptors (Lipinski definition) is 4. The molecule has 24 heavy (non-hydrogen) atoms. The van der Waals surface area contributed by atoms with Crippen LogP contribution in [0.3, 0.4) is 0 Å². The number of aryl methyl sites for hydroxylation is 1. The molecule has 2 aromatic rings. The number of oxime groups is 1. The van der Waals surface area contributed by atoms with Crippen LogP contribution in [-0.2, 0) is 16.0 Å². The molecule has 1 aliphatic rings. The summed E-state index contributed by atoms with van der Waals surface area (Å²) in [6, 6.07) is 14.7. The second kappa shape index (κ2) is 6.95. The Balaban J connectivity index is 1.90. The number of nitrogens with two attached hydrogens (primary N) is 1. The lowest BCUT2D eigenvalue weighted by molar-refractivity contribution is -0.117. The summed E-state index contributed by atoms with van der Waals surface area (Å²) in [5.74, 6) is -0.106. The Labute approximate surface area is 139 Å². The molecule has 0 radical (unpaired) electrons. The number of carbonyl (C=O) groups excluding carboxylic acids is 2. The maximum Gasteiger partial charge on any atom is 0.224 e. The Morgan fingerprint density at radius 3 is 2.67 bits per heavy atom. The number of benzene rings is 2. The van der Waals surface area contributed by atoms with Crippen molar-refractivity contribution in [1.29, 1.82) is 0 Å². The smallest absolute Gasteiger partial charge is 0.224 e. The third-order valence-electron chi connectivity index (χ3n) is 3.70. The molecule has 0 aromatic heterocycles. The highest BCUT2D eigenvalue weighted by molar-refractivity contribution is 6.10. The van der Waals surface area contributed by atoms with Gasteiger partial charge in [0.15, 0.2) is 5.75 Å². The van der Waals surface area contributed by atoms with Gasteiger partial charge in [0.1, 0.15) is 0 Å². The lowest BCUT2D eigenvalue weighted by Crippen LogP contribution is -2.20. The van der Waals surface area contributed by atoms with E-state index in [2.05, 4.69) is 10.5 Å². The van der Waals surface area contributed by atoms with Gasteiger partial charge in [-0.1, -0.05) is 47.6 Å². The van der Waals surface area contributed by atoms with Crippen LogP contribution in [-0.4, -0.2) is 17.5 Å². The van der Waals surface area contributed by atoms with E-state index < -0.39 is 5.91 Å². The number of carbonyl (C=O) groups is 2. The summed E-state index contributed by atoms with van der Waals surface area (Å²) in [4.78, 5) is 28.5. The van der Waals surface area contributed by atoms with E-state index in [1.165, 1.54) is 0 Å². The predicted octanol–water partition coefficient (Wildman–Crippen LogP) is 2.23. The van der Waals surface area contributed by atoms with Crippen molar-refractivity contribution in [2.75, 3.05) is 5.32 Å². The molecule has 0 bridgehead atoms. The summed E-state index contributed by atoms with van der Waals surface area (Å²) in [6.45, 7) is 0. The van der Waals surface area contributed by atoms with Gasteiger partial charge in [-0.15, -0.1) is 0 Å². The molecule has 0 saturated carbocycles. The number of primary amides is 1. The molecule has 0 saturated heterocycles. The third-order valence-corrected chi connectivity index (χ3v) is 3.70. The minimum absolute atomic E-state index is 0.0363. The molecular weight excluding hydrogens is 306 g/mol. The van der Waals surface area contributed by atoms with Crippen molar-refractivity contribution in [3.8, 4) is 5.75 Å². The van der Waals surface area contributed by atoms with Gasteiger partial charge in [0.25, 0.3) is 0 Å². The molecule has 0 unspecified atom stereocenters. The van der Waals surface area contributed by atoms with Gasteiger partial charge in [0.2, 0.25) is 11.8 Å². The zero-order valence-electron chi connectivity index (χ0n) is 13.0. The number of rotatable bonds is 5. The van der Waals surface area contributed by atoms with Crippen molar-refractivity contribution in [3.05, 3.63) is 59.7 Å². The molecule has 1 aliphatic heterocycles. The van der Waals surface area contributed by atoms with E-state index >= 15 is 0 Å². The van der Waals surface area contributed by atoms with Crippen molar-refractivity contribution in [1.82, 2.24) is 0 Å². The highest BCUT2D eigenvalue weighted by Crippen LogP contribution is 2.32. The Hall–Kier alpha value is -3.15. The minimum atomic E-state index is -0.496. The highest BCUT2D eigenvalue weighted by atomic mass is 16.6. The summed E-state index contributed by atoms with van der Waals surface area (Å²) >= 11 is 0. The van der Waals surface area contributed by atoms with Crippen LogP contribution in [0.25, 0.3) is 0 Å². The quantitative estimate of drug-likeness (QED) is 0.652. The molecule has 6 nitrogen and oxygen atoms in total. The average molecular weight is 323 g/mol. The second-order valence-corrected chi connectivity index (χ2v) is 5.48. The molecule has 3 rings (SSSR count). The van der Waals surface area contributed by atoms with E-state index in [9.17, 15) is 9.59 Å². The standard InChI is InChI=1S/C18H17N3O3/c19-16(22)11-14(12-5-2-1-3-6-12)21-24-15-8-4-7-13-9-10-17(23)20-18(13)15/h1-8H,9-11H2,(H2,19,22)(H,20,23)/b21-14+. The summed E-state index contributed by atoms with van der Waals surface area (Å²) < 4.78 is 0. The van der Waals surface area contributed by atoms with Crippen LogP contribution >= 0.6 is 0 Å². The van der Waals surface area contributed by atoms with Gasteiger partial charge in [-0.25, -0.2) is 0 Å². The SMILES string of the molecule is NC(=O)C/C(=N\Oc1cccc2c1NC(=O)CC2)c1ccccc1. The highest BCUT2D eigenvalue weighted by Gasteiger charge is 2.19. The van der Waals surface area contributed by atoms with Gasteiger partial charge in [-0.2, -0.15) is 0 Å². The molecule has 1 heterocycles. The molecular formula is C18H17N3O3. The first-order chi connectivity index (χ1) is 11.6. The Morgan fingerprint density at radius 1 is 1.12 bits per heavy atom. The number of nitrogens with one attached hydrogen (secondary N) is 1. The van der Waals surface area contributed by atoms with Crippen molar-refractivity contribution >= 4 is 23.2 Å². The number of anilines is 1. The van der Waals surface area contributed by atoms with Gasteiger partial charge >= 0.3 is 0 Å². The van der Waals surface area contributed by atoms with Crippen molar-refractivity contribution < 1.29 is 14.4 Å². The summed E-state index contributed by atoms with van der Waals surface area (Å²) in [5, 5.41) is 6.91. The molecule has 122 valence electrons. The van der Waals surface area contributed by atoms with Crippen LogP contribution in [0.15, 0.2) is 53.7 Å². The largest absolute Gasteiger partial charge is 0.369 e. The minimum Gasteiger partial charge on any atom is -0.369 e. The predicted molar refractivity (Wildman–Crippen MR) is 90.8 cm³/mol. The summed E-state index contributed by atoms with van der Waals surface area (Å²) in [7, 11) is 0. The van der Waals surface area contributed by atoms with Crippen molar-refractivity contribution in [3.63, 3.8) is 0 Å². The lowest BCUT2D eigenvalue weighted by atomic mass is 10.0. The van der Waals surface area contributed by atoms with Crippen molar-refractivity contribution in [2.24, 2.45) is 10.9 Å². The molecule has 0 atom stereocenters. The normalized spacial score (nSPS) is 13.8. The molecule has 3 N–H and O–H groups in total. The summed E-state index contributed by atoms with van der Waals surface area (Å²) in [5.41, 5.74) is 8.11. The molecule has 6 heteroatoms. The van der Waals surface area contributed by atoms with E-state index in [1.54, 1.807) is 6.07 Å². The van der Waals surface area contributed by atoms with Gasteiger partial charge in [0.05, 0.1) is 17.8 Å². The molecule has 2 aromatic carbocycles. The van der Waals surface area contributed by atoms with Gasteiger partial charge < -0.3 is 15.9 Å². The van der Waals surface area contributed by atoms with Gasteiger partial charge in [0, 0.05) is 6.42 Å². The first-order valence-electron chi connectivity index (χ1n) is 7.63. The third kappa shape index (κ3) is 3.60. The Kier molecular flexibility index (Phi) is 4.56. The van der Waals surface area contributed by atoms with Gasteiger partial charge in [-0.05, 0) is 23.6 Å². The topological polar surface area (TPSA) is 93.8 Å². The van der Waals surface area contributed by atoms with E-state index in [4.69, 9.17) is 10.6 Å². The first kappa shape index (κ1) is 15.7. The number of para-hydroxylation sites is 1. The van der Waals surface area contributed by atoms with E-state index in [0.29, 0.717) is 30.0 Å². The fourth-order valence-electron chi connectivity index (χ4n) is 2.54. The van der Waals surface area contributed by atoms with Gasteiger partial charge in [-0.3, -0.25) is 9.59 Å². The maximum absolute atomic E-state index is 11.6. The van der Waals surface area contributed by atoms with Crippen LogP contribution < -0.4 is 15.9 Å². The number of fused-ring (bicyclic) bond motifs is 1. The fourth-order valence-corrected chi connectivity index (χ4v) is 2.54. The lowest BCUT2D eigenvalue weighted by Gasteiger charge is -2.18. The van der Waals surface area contributed by atoms with Crippen LogP contribution in [0.2, 0.25) is 0 Å². The van der Waals surface area contributed by atoms with Crippen LogP contribution in [0.1, 0.15) is 24.0 Å². The molecule has 0 fully saturated rings. The van der Waals surface area contributed by atoms with E-state index in [0.717, 1.165) is 11.1 Å². The van der Waals surface area contributed by atoms with E-state index in [-0.39, 0.29) is 12.3 Å². The van der Waals surface area contributed by atoms with Crippen LogP contribution in [0.5, 0.6) is 5.75 Å². The number of amides is 2. The number of hydrogen-bond donors (Lipinski definition) is 2. The second-order valence-electron chi connectivity index (χ2n) is 5.48.